The van der Waals surface area contributed by atoms with Crippen LogP contribution in [0.25, 0.3) is 0 Å². The van der Waals surface area contributed by atoms with Crippen LogP contribution in [0.15, 0.2) is 23.8 Å². The van der Waals surface area contributed by atoms with E-state index >= 15 is 0 Å². The van der Waals surface area contributed by atoms with Crippen molar-refractivity contribution in [1.29, 1.82) is 0 Å². The lowest BCUT2D eigenvalue weighted by Gasteiger charge is -2.14. The fourth-order valence-corrected chi connectivity index (χ4v) is 2.71. The van der Waals surface area contributed by atoms with Crippen molar-refractivity contribution in [3.8, 4) is 0 Å². The highest BCUT2D eigenvalue weighted by atomic mass is 16.1. The van der Waals surface area contributed by atoms with Gasteiger partial charge >= 0.3 is 0 Å². The second-order valence-electron chi connectivity index (χ2n) is 4.57. The molecular weight excluding hydrogens is 172 g/mol. The fraction of sp³-hybridized carbons (Fsp3) is 0.615. The lowest BCUT2D eigenvalue weighted by molar-refractivity contribution is -0.115. The number of rotatable bonds is 3. The molecule has 0 heterocycles. The second kappa shape index (κ2) is 3.72. The van der Waals surface area contributed by atoms with E-state index in [1.54, 1.807) is 0 Å². The molecule has 2 aliphatic rings. The summed E-state index contributed by atoms with van der Waals surface area (Å²) in [5.74, 6) is 2.46. The zero-order chi connectivity index (χ0) is 10.1. The maximum Gasteiger partial charge on any atom is 0.157 e. The van der Waals surface area contributed by atoms with Crippen molar-refractivity contribution in [2.75, 3.05) is 0 Å². The predicted octanol–water partition coefficient (Wildman–Crippen LogP) is 3.12. The van der Waals surface area contributed by atoms with Crippen LogP contribution < -0.4 is 0 Å². The molecule has 0 aromatic heterocycles. The first-order valence-electron chi connectivity index (χ1n) is 5.60. The lowest BCUT2D eigenvalue weighted by atomic mass is 9.91. The molecule has 0 N–H and O–H groups in total. The van der Waals surface area contributed by atoms with Gasteiger partial charge in [-0.15, -0.1) is 0 Å². The number of ketones is 1. The summed E-state index contributed by atoms with van der Waals surface area (Å²) in [7, 11) is 0. The van der Waals surface area contributed by atoms with E-state index in [2.05, 4.69) is 18.2 Å². The summed E-state index contributed by atoms with van der Waals surface area (Å²) in [6.45, 7) is 3.89. The minimum atomic E-state index is 0.303. The molecule has 2 rings (SSSR count). The number of fused-ring (bicyclic) bond motifs is 2. The van der Waals surface area contributed by atoms with E-state index in [4.69, 9.17) is 0 Å². The summed E-state index contributed by atoms with van der Waals surface area (Å²) in [6.07, 6.45) is 10.1. The van der Waals surface area contributed by atoms with Crippen LogP contribution in [-0.2, 0) is 4.79 Å². The number of Topliss-reactive ketones (excluding diaryl/α,β-unsaturated/α-hetero) is 1. The van der Waals surface area contributed by atoms with E-state index in [0.29, 0.717) is 18.1 Å². The van der Waals surface area contributed by atoms with Crippen LogP contribution >= 0.6 is 0 Å². The maximum atomic E-state index is 11.4. The first kappa shape index (κ1) is 9.70. The van der Waals surface area contributed by atoms with E-state index in [1.807, 2.05) is 13.8 Å². The molecule has 0 amide bonds. The Kier molecular flexibility index (Phi) is 2.58. The normalized spacial score (nSPS) is 35.3. The first-order chi connectivity index (χ1) is 6.70. The molecule has 76 valence electrons. The molecule has 3 unspecified atom stereocenters. The van der Waals surface area contributed by atoms with Gasteiger partial charge in [-0.25, -0.2) is 0 Å². The molecule has 0 aliphatic heterocycles. The highest BCUT2D eigenvalue weighted by Crippen LogP contribution is 2.44. The summed E-state index contributed by atoms with van der Waals surface area (Å²) in [6, 6.07) is 0. The van der Waals surface area contributed by atoms with Gasteiger partial charge in [0, 0.05) is 6.42 Å². The van der Waals surface area contributed by atoms with Crippen LogP contribution in [0.2, 0.25) is 0 Å². The van der Waals surface area contributed by atoms with Crippen LogP contribution in [0.3, 0.4) is 0 Å². The third kappa shape index (κ3) is 1.68. The van der Waals surface area contributed by atoms with Gasteiger partial charge in [0.1, 0.15) is 0 Å². The Bertz CT molecular complexity index is 298. The molecule has 0 aromatic rings. The summed E-state index contributed by atoms with van der Waals surface area (Å²) in [4.78, 5) is 11.4. The molecule has 0 radical (unpaired) electrons. The zero-order valence-electron chi connectivity index (χ0n) is 8.99. The third-order valence-corrected chi connectivity index (χ3v) is 3.56. The van der Waals surface area contributed by atoms with Gasteiger partial charge in [-0.3, -0.25) is 4.79 Å². The van der Waals surface area contributed by atoms with Crippen molar-refractivity contribution in [1.82, 2.24) is 0 Å². The van der Waals surface area contributed by atoms with Crippen LogP contribution in [0.4, 0.5) is 0 Å². The molecular formula is C13H18O. The average Bonchev–Trinajstić information content (AvgIpc) is 2.77. The highest BCUT2D eigenvalue weighted by Gasteiger charge is 2.34. The molecule has 1 saturated carbocycles. The van der Waals surface area contributed by atoms with Crippen LogP contribution in [0.1, 0.15) is 33.1 Å². The van der Waals surface area contributed by atoms with Gasteiger partial charge in [-0.05, 0) is 43.1 Å². The van der Waals surface area contributed by atoms with Crippen LogP contribution in [0, 0.1) is 17.8 Å². The van der Waals surface area contributed by atoms with E-state index < -0.39 is 0 Å². The van der Waals surface area contributed by atoms with Gasteiger partial charge < -0.3 is 0 Å². The molecule has 3 atom stereocenters. The van der Waals surface area contributed by atoms with E-state index in [-0.39, 0.29) is 0 Å². The molecule has 2 aliphatic carbocycles. The molecule has 0 saturated heterocycles. The summed E-state index contributed by atoms with van der Waals surface area (Å²) >= 11 is 0. The monoisotopic (exact) mass is 190 g/mol. The molecule has 1 fully saturated rings. The van der Waals surface area contributed by atoms with Gasteiger partial charge in [0.2, 0.25) is 0 Å². The van der Waals surface area contributed by atoms with Crippen molar-refractivity contribution < 1.29 is 4.79 Å². The smallest absolute Gasteiger partial charge is 0.157 e. The van der Waals surface area contributed by atoms with Crippen molar-refractivity contribution in [2.45, 2.75) is 33.1 Å². The minimum Gasteiger partial charge on any atom is -0.295 e. The Balaban J connectivity index is 2.04. The maximum absolute atomic E-state index is 11.4. The van der Waals surface area contributed by atoms with Gasteiger partial charge in [0.05, 0.1) is 0 Å². The molecule has 14 heavy (non-hydrogen) atoms. The zero-order valence-corrected chi connectivity index (χ0v) is 8.99. The standard InChI is InChI=1S/C13H18O/c1-3-13(14)9(2)6-12-8-10-4-5-11(12)7-10/h4-6,10-12H,3,7-8H2,1-2H3/b9-6+. The van der Waals surface area contributed by atoms with Gasteiger partial charge in [-0.1, -0.05) is 25.2 Å². The molecule has 0 spiro atoms. The average molecular weight is 190 g/mol. The number of hydrogen-bond acceptors (Lipinski definition) is 1. The van der Waals surface area contributed by atoms with Crippen LogP contribution in [-0.4, -0.2) is 5.78 Å². The molecule has 2 bridgehead atoms. The van der Waals surface area contributed by atoms with Crippen LogP contribution in [0.5, 0.6) is 0 Å². The Morgan fingerprint density at radius 3 is 2.71 bits per heavy atom. The van der Waals surface area contributed by atoms with Crippen molar-refractivity contribution in [3.05, 3.63) is 23.8 Å². The van der Waals surface area contributed by atoms with Crippen molar-refractivity contribution in [2.24, 2.45) is 17.8 Å². The van der Waals surface area contributed by atoms with E-state index in [9.17, 15) is 4.79 Å². The van der Waals surface area contributed by atoms with Crippen molar-refractivity contribution in [3.63, 3.8) is 0 Å². The minimum absolute atomic E-state index is 0.303. The highest BCUT2D eigenvalue weighted by molar-refractivity contribution is 5.94. The second-order valence-corrected chi connectivity index (χ2v) is 4.57. The van der Waals surface area contributed by atoms with E-state index in [1.165, 1.54) is 12.8 Å². The number of allylic oxidation sites excluding steroid dienone is 4. The molecule has 1 heteroatoms. The quantitative estimate of drug-likeness (QED) is 0.493. The Hall–Kier alpha value is -0.850. The Morgan fingerprint density at radius 2 is 2.21 bits per heavy atom. The lowest BCUT2D eigenvalue weighted by Crippen LogP contribution is -2.06. The predicted molar refractivity (Wildman–Crippen MR) is 57.9 cm³/mol. The third-order valence-electron chi connectivity index (χ3n) is 3.56. The first-order valence-corrected chi connectivity index (χ1v) is 5.60. The van der Waals surface area contributed by atoms with Gasteiger partial charge in [0.15, 0.2) is 5.78 Å². The number of hydrogen-bond donors (Lipinski definition) is 0. The topological polar surface area (TPSA) is 17.1 Å². The fourth-order valence-electron chi connectivity index (χ4n) is 2.71. The summed E-state index contributed by atoms with van der Waals surface area (Å²) in [5.41, 5.74) is 0.971. The summed E-state index contributed by atoms with van der Waals surface area (Å²) in [5, 5.41) is 0. The summed E-state index contributed by atoms with van der Waals surface area (Å²) < 4.78 is 0. The molecule has 0 aromatic carbocycles. The van der Waals surface area contributed by atoms with Crippen molar-refractivity contribution >= 4 is 5.78 Å². The van der Waals surface area contributed by atoms with E-state index in [0.717, 1.165) is 17.4 Å². The Labute approximate surface area is 85.9 Å². The largest absolute Gasteiger partial charge is 0.295 e. The SMILES string of the molecule is CCC(=O)/C(C)=C/C1CC2C=CC1C2. The number of carbonyl (C=O) groups is 1. The molecule has 1 nitrogen and oxygen atoms in total. The van der Waals surface area contributed by atoms with Gasteiger partial charge in [-0.2, -0.15) is 0 Å². The Morgan fingerprint density at radius 1 is 1.43 bits per heavy atom. The number of carbonyl (C=O) groups excluding carboxylic acids is 1. The van der Waals surface area contributed by atoms with Gasteiger partial charge in [0.25, 0.3) is 0 Å².